The summed E-state index contributed by atoms with van der Waals surface area (Å²) in [5.74, 6) is 0.195. The molecule has 0 radical (unpaired) electrons. The number of aromatic amines is 1. The summed E-state index contributed by atoms with van der Waals surface area (Å²) in [6.45, 7) is 9.35. The van der Waals surface area contributed by atoms with E-state index in [1.54, 1.807) is 30.3 Å². The van der Waals surface area contributed by atoms with Crippen LogP contribution in [0.4, 0.5) is 14.9 Å². The molecule has 0 bridgehead atoms. The second kappa shape index (κ2) is 11.5. The maximum absolute atomic E-state index is 14.1. The fraction of sp³-hybridized carbons (Fsp3) is 0.360. The molecular formula is C25H31FN4O3. The number of halogens is 1. The number of ether oxygens (including phenoxy) is 1. The van der Waals surface area contributed by atoms with Crippen LogP contribution in [0.25, 0.3) is 10.9 Å². The number of benzene rings is 2. The first-order valence-electron chi connectivity index (χ1n) is 11.3. The van der Waals surface area contributed by atoms with Gasteiger partial charge in [0.2, 0.25) is 0 Å². The number of pyridine rings is 1. The van der Waals surface area contributed by atoms with Crippen LogP contribution < -0.4 is 15.6 Å². The molecule has 0 saturated carbocycles. The van der Waals surface area contributed by atoms with Crippen molar-refractivity contribution in [3.8, 4) is 5.75 Å². The predicted octanol–water partition coefficient (Wildman–Crippen LogP) is 4.44. The van der Waals surface area contributed by atoms with E-state index in [2.05, 4.69) is 29.0 Å². The van der Waals surface area contributed by atoms with Gasteiger partial charge in [0.05, 0.1) is 18.8 Å². The Labute approximate surface area is 193 Å². The van der Waals surface area contributed by atoms with E-state index in [-0.39, 0.29) is 17.8 Å². The number of aromatic nitrogens is 1. The molecule has 8 heteroatoms. The molecule has 176 valence electrons. The van der Waals surface area contributed by atoms with Crippen molar-refractivity contribution in [3.63, 3.8) is 0 Å². The highest BCUT2D eigenvalue weighted by Gasteiger charge is 2.18. The third kappa shape index (κ3) is 6.32. The van der Waals surface area contributed by atoms with Crippen molar-refractivity contribution in [1.29, 1.82) is 0 Å². The van der Waals surface area contributed by atoms with Crippen LogP contribution in [0, 0.1) is 5.82 Å². The first-order valence-corrected chi connectivity index (χ1v) is 11.3. The van der Waals surface area contributed by atoms with E-state index >= 15 is 0 Å². The van der Waals surface area contributed by atoms with E-state index in [0.717, 1.165) is 18.5 Å². The van der Waals surface area contributed by atoms with Crippen molar-refractivity contribution in [2.75, 3.05) is 38.1 Å². The zero-order chi connectivity index (χ0) is 23.8. The first-order chi connectivity index (χ1) is 15.9. The Morgan fingerprint density at radius 3 is 2.52 bits per heavy atom. The molecule has 0 aliphatic heterocycles. The number of hydrogen-bond acceptors (Lipinski definition) is 4. The lowest BCUT2D eigenvalue weighted by Crippen LogP contribution is -2.41. The van der Waals surface area contributed by atoms with Gasteiger partial charge in [0.25, 0.3) is 5.56 Å². The molecule has 0 unspecified atom stereocenters. The molecule has 0 aliphatic carbocycles. The number of rotatable bonds is 10. The van der Waals surface area contributed by atoms with Crippen molar-refractivity contribution in [2.24, 2.45) is 0 Å². The summed E-state index contributed by atoms with van der Waals surface area (Å²) in [6.07, 6.45) is 0. The summed E-state index contributed by atoms with van der Waals surface area (Å²) in [5.41, 5.74) is 0.972. The first kappa shape index (κ1) is 24.3. The van der Waals surface area contributed by atoms with Crippen molar-refractivity contribution in [3.05, 3.63) is 70.3 Å². The molecule has 2 aromatic carbocycles. The van der Waals surface area contributed by atoms with E-state index in [1.165, 1.54) is 17.0 Å². The molecule has 3 rings (SSSR count). The summed E-state index contributed by atoms with van der Waals surface area (Å²) < 4.78 is 19.7. The molecule has 1 heterocycles. The van der Waals surface area contributed by atoms with Gasteiger partial charge in [0.15, 0.2) is 0 Å². The highest BCUT2D eigenvalue weighted by molar-refractivity contribution is 5.89. The van der Waals surface area contributed by atoms with Crippen molar-refractivity contribution in [1.82, 2.24) is 14.8 Å². The Balaban J connectivity index is 1.88. The van der Waals surface area contributed by atoms with Gasteiger partial charge in [-0.2, -0.15) is 0 Å². The number of carbonyl (C=O) groups excluding carboxylic acids is 1. The van der Waals surface area contributed by atoms with Crippen molar-refractivity contribution < 1.29 is 13.9 Å². The largest absolute Gasteiger partial charge is 0.494 e. The number of carbonyl (C=O) groups is 1. The molecule has 0 saturated heterocycles. The maximum Gasteiger partial charge on any atom is 0.322 e. The van der Waals surface area contributed by atoms with Crippen LogP contribution in [0.15, 0.2) is 53.3 Å². The molecule has 7 nitrogen and oxygen atoms in total. The van der Waals surface area contributed by atoms with Crippen LogP contribution >= 0.6 is 0 Å². The highest BCUT2D eigenvalue weighted by Crippen LogP contribution is 2.20. The third-order valence-electron chi connectivity index (χ3n) is 5.55. The molecule has 0 spiro atoms. The molecule has 1 aromatic heterocycles. The van der Waals surface area contributed by atoms with Crippen LogP contribution in [0.5, 0.6) is 5.75 Å². The molecule has 3 aromatic rings. The highest BCUT2D eigenvalue weighted by atomic mass is 19.1. The molecular weight excluding hydrogens is 423 g/mol. The lowest BCUT2D eigenvalue weighted by atomic mass is 10.1. The number of anilines is 1. The zero-order valence-corrected chi connectivity index (χ0v) is 19.4. The number of fused-ring (bicyclic) bond motifs is 1. The lowest BCUT2D eigenvalue weighted by molar-refractivity contribution is 0.194. The Morgan fingerprint density at radius 2 is 1.82 bits per heavy atom. The lowest BCUT2D eigenvalue weighted by Gasteiger charge is -2.26. The van der Waals surface area contributed by atoms with Gasteiger partial charge in [-0.1, -0.05) is 26.0 Å². The average Bonchev–Trinajstić information content (AvgIpc) is 2.81. The second-order valence-corrected chi connectivity index (χ2v) is 7.66. The molecule has 2 N–H and O–H groups in total. The van der Waals surface area contributed by atoms with Crippen LogP contribution in [-0.4, -0.2) is 53.6 Å². The Bertz CT molecular complexity index is 1140. The molecule has 33 heavy (non-hydrogen) atoms. The molecule has 0 atom stereocenters. The number of likely N-dealkylation sites (N-methyl/N-ethyl adjacent to an activating group) is 1. The molecule has 2 amide bonds. The number of para-hydroxylation sites is 1. The number of nitrogens with zero attached hydrogens (tertiary/aromatic N) is 2. The molecule has 0 fully saturated rings. The maximum atomic E-state index is 14.1. The topological polar surface area (TPSA) is 77.7 Å². The van der Waals surface area contributed by atoms with Gasteiger partial charge in [-0.05, 0) is 56.4 Å². The van der Waals surface area contributed by atoms with Gasteiger partial charge in [0.1, 0.15) is 11.6 Å². The summed E-state index contributed by atoms with van der Waals surface area (Å²) in [7, 11) is 0. The summed E-state index contributed by atoms with van der Waals surface area (Å²) >= 11 is 0. The smallest absolute Gasteiger partial charge is 0.322 e. The van der Waals surface area contributed by atoms with Gasteiger partial charge in [-0.25, -0.2) is 9.18 Å². The quantitative estimate of drug-likeness (QED) is 0.475. The normalized spacial score (nSPS) is 11.1. The van der Waals surface area contributed by atoms with Crippen LogP contribution in [-0.2, 0) is 6.54 Å². The standard InChI is InChI=1S/C25H31FN4O3/c1-4-29(5-2)13-14-30(25(32)28-23-10-8-7-9-21(23)26)17-19-15-18-16-20(33-6-3)11-12-22(18)27-24(19)31/h7-12,15-16H,4-6,13-14,17H2,1-3H3,(H,27,31)(H,28,32). The van der Waals surface area contributed by atoms with Crippen molar-refractivity contribution in [2.45, 2.75) is 27.3 Å². The van der Waals surface area contributed by atoms with E-state index in [4.69, 9.17) is 4.74 Å². The summed E-state index contributed by atoms with van der Waals surface area (Å²) in [6, 6.07) is 12.8. The van der Waals surface area contributed by atoms with Crippen LogP contribution in [0.2, 0.25) is 0 Å². The Morgan fingerprint density at radius 1 is 1.06 bits per heavy atom. The number of amides is 2. The van der Waals surface area contributed by atoms with Gasteiger partial charge in [0, 0.05) is 29.6 Å². The number of hydrogen-bond donors (Lipinski definition) is 2. The minimum Gasteiger partial charge on any atom is -0.494 e. The van der Waals surface area contributed by atoms with E-state index < -0.39 is 11.8 Å². The Kier molecular flexibility index (Phi) is 8.43. The Hall–Kier alpha value is -3.39. The van der Waals surface area contributed by atoms with Crippen LogP contribution in [0.3, 0.4) is 0 Å². The monoisotopic (exact) mass is 454 g/mol. The minimum absolute atomic E-state index is 0.0890. The van der Waals surface area contributed by atoms with E-state index in [1.807, 2.05) is 13.0 Å². The number of H-pyrrole nitrogens is 1. The van der Waals surface area contributed by atoms with Gasteiger partial charge >= 0.3 is 6.03 Å². The number of urea groups is 1. The second-order valence-electron chi connectivity index (χ2n) is 7.66. The van der Waals surface area contributed by atoms with Crippen LogP contribution in [0.1, 0.15) is 26.3 Å². The predicted molar refractivity (Wildman–Crippen MR) is 129 cm³/mol. The zero-order valence-electron chi connectivity index (χ0n) is 19.4. The number of nitrogens with one attached hydrogen (secondary N) is 2. The summed E-state index contributed by atoms with van der Waals surface area (Å²) in [4.78, 5) is 32.4. The van der Waals surface area contributed by atoms with Crippen molar-refractivity contribution >= 4 is 22.6 Å². The van der Waals surface area contributed by atoms with E-state index in [0.29, 0.717) is 36.5 Å². The third-order valence-corrected chi connectivity index (χ3v) is 5.55. The average molecular weight is 455 g/mol. The van der Waals surface area contributed by atoms with E-state index in [9.17, 15) is 14.0 Å². The van der Waals surface area contributed by atoms with Gasteiger partial charge in [-0.15, -0.1) is 0 Å². The summed E-state index contributed by atoms with van der Waals surface area (Å²) in [5, 5.41) is 3.45. The minimum atomic E-state index is -0.512. The fourth-order valence-corrected chi connectivity index (χ4v) is 3.62. The fourth-order valence-electron chi connectivity index (χ4n) is 3.62. The van der Waals surface area contributed by atoms with Gasteiger partial charge in [-0.3, -0.25) is 4.79 Å². The molecule has 0 aliphatic rings. The SMILES string of the molecule is CCOc1ccc2[nH]c(=O)c(CN(CCN(CC)CC)C(=O)Nc3ccccc3F)cc2c1. The van der Waals surface area contributed by atoms with Gasteiger partial charge < -0.3 is 24.8 Å².